The van der Waals surface area contributed by atoms with E-state index in [-0.39, 0.29) is 0 Å². The highest BCUT2D eigenvalue weighted by atomic mass is 16.4. The quantitative estimate of drug-likeness (QED) is 0.619. The molecule has 0 radical (unpaired) electrons. The Morgan fingerprint density at radius 1 is 1.12 bits per heavy atom. The Morgan fingerprint density at radius 3 is 2.69 bits per heavy atom. The van der Waals surface area contributed by atoms with Crippen molar-refractivity contribution in [1.29, 1.82) is 0 Å². The second kappa shape index (κ2) is 2.85. The lowest BCUT2D eigenvalue weighted by Crippen LogP contribution is -2.13. The summed E-state index contributed by atoms with van der Waals surface area (Å²) in [5.41, 5.74) is -0.339. The molecule has 1 N–H and O–H groups in total. The number of fused-ring (bicyclic) bond motifs is 3. The molecule has 0 bridgehead atoms. The van der Waals surface area contributed by atoms with Gasteiger partial charge in [0.15, 0.2) is 11.2 Å². The van der Waals surface area contributed by atoms with Crippen LogP contribution in [0.3, 0.4) is 0 Å². The lowest BCUT2D eigenvalue weighted by molar-refractivity contribution is 0.561. The van der Waals surface area contributed by atoms with Gasteiger partial charge in [0.2, 0.25) is 0 Å². The fourth-order valence-corrected chi connectivity index (χ4v) is 1.75. The van der Waals surface area contributed by atoms with Crippen LogP contribution in [0.1, 0.15) is 5.76 Å². The van der Waals surface area contributed by atoms with E-state index in [1.807, 2.05) is 0 Å². The van der Waals surface area contributed by atoms with Crippen molar-refractivity contribution in [2.24, 2.45) is 0 Å². The number of hydrogen-bond acceptors (Lipinski definition) is 4. The second-order valence-corrected chi connectivity index (χ2v) is 3.55. The summed E-state index contributed by atoms with van der Waals surface area (Å²) in [6, 6.07) is 3.08. The van der Waals surface area contributed by atoms with Crippen molar-refractivity contribution in [1.82, 2.24) is 4.98 Å². The number of furan rings is 2. The smallest absolute Gasteiger partial charge is 0.262 e. The molecule has 0 atom stereocenters. The van der Waals surface area contributed by atoms with Crippen LogP contribution in [-0.4, -0.2) is 4.98 Å². The minimum atomic E-state index is -0.474. The molecule has 0 saturated heterocycles. The van der Waals surface area contributed by atoms with E-state index in [0.717, 1.165) is 0 Å². The SMILES string of the molecule is Cc1cc2c(=O)[nH]c(=O)c3ccoc3c2o1. The van der Waals surface area contributed by atoms with Crippen LogP contribution in [0.25, 0.3) is 21.9 Å². The summed E-state index contributed by atoms with van der Waals surface area (Å²) >= 11 is 0. The van der Waals surface area contributed by atoms with Crippen LogP contribution < -0.4 is 11.1 Å². The van der Waals surface area contributed by atoms with Gasteiger partial charge < -0.3 is 8.83 Å². The Bertz CT molecular complexity index is 806. The van der Waals surface area contributed by atoms with Crippen molar-refractivity contribution in [2.45, 2.75) is 6.92 Å². The van der Waals surface area contributed by atoms with Crippen molar-refractivity contribution in [3.05, 3.63) is 44.9 Å². The highest BCUT2D eigenvalue weighted by Gasteiger charge is 2.12. The Morgan fingerprint density at radius 2 is 1.88 bits per heavy atom. The zero-order chi connectivity index (χ0) is 11.3. The molecule has 0 aliphatic rings. The molecule has 0 amide bonds. The van der Waals surface area contributed by atoms with E-state index in [0.29, 0.717) is 27.7 Å². The van der Waals surface area contributed by atoms with Gasteiger partial charge in [0.05, 0.1) is 17.0 Å². The third kappa shape index (κ3) is 1.05. The maximum Gasteiger partial charge on any atom is 0.262 e. The molecule has 0 aliphatic carbocycles. The first-order valence-electron chi connectivity index (χ1n) is 4.71. The average molecular weight is 217 g/mol. The molecule has 0 aliphatic heterocycles. The third-order valence-corrected chi connectivity index (χ3v) is 2.44. The summed E-state index contributed by atoms with van der Waals surface area (Å²) in [5, 5.41) is 0.626. The standard InChI is InChI=1S/C11H7NO4/c1-5-4-7-9(16-5)8-6(2-3-15-8)10(13)12-11(7)14/h2-4H,1H3,(H,12,13,14). The number of aromatic nitrogens is 1. The van der Waals surface area contributed by atoms with E-state index in [9.17, 15) is 9.59 Å². The van der Waals surface area contributed by atoms with Crippen molar-refractivity contribution in [2.75, 3.05) is 0 Å². The van der Waals surface area contributed by atoms with Gasteiger partial charge in [-0.15, -0.1) is 0 Å². The van der Waals surface area contributed by atoms with E-state index in [1.165, 1.54) is 12.3 Å². The van der Waals surface area contributed by atoms with Crippen LogP contribution in [-0.2, 0) is 0 Å². The molecule has 3 aromatic rings. The van der Waals surface area contributed by atoms with Gasteiger partial charge in [-0.2, -0.15) is 0 Å². The summed E-state index contributed by atoms with van der Waals surface area (Å²) in [6.45, 7) is 1.73. The van der Waals surface area contributed by atoms with Gasteiger partial charge in [0.1, 0.15) is 5.76 Å². The Hall–Kier alpha value is -2.30. The van der Waals surface area contributed by atoms with Crippen LogP contribution >= 0.6 is 0 Å². The third-order valence-electron chi connectivity index (χ3n) is 2.44. The van der Waals surface area contributed by atoms with Crippen LogP contribution in [0.2, 0.25) is 0 Å². The van der Waals surface area contributed by atoms with Crippen LogP contribution in [0, 0.1) is 6.92 Å². The number of aryl methyl sites for hydroxylation is 1. The van der Waals surface area contributed by atoms with Gasteiger partial charge in [-0.05, 0) is 19.1 Å². The van der Waals surface area contributed by atoms with E-state index < -0.39 is 11.1 Å². The first-order valence-corrected chi connectivity index (χ1v) is 4.71. The summed E-state index contributed by atoms with van der Waals surface area (Å²) in [6.07, 6.45) is 1.39. The van der Waals surface area contributed by atoms with Gasteiger partial charge in [0.25, 0.3) is 11.1 Å². The lowest BCUT2D eigenvalue weighted by Gasteiger charge is -1.81. The first kappa shape index (κ1) is 8.96. The van der Waals surface area contributed by atoms with Gasteiger partial charge in [0, 0.05) is 0 Å². The number of hydrogen-bond donors (Lipinski definition) is 1. The van der Waals surface area contributed by atoms with Gasteiger partial charge in [-0.1, -0.05) is 0 Å². The molecular formula is C11H7NO4. The molecular weight excluding hydrogens is 210 g/mol. The Labute approximate surface area is 88.3 Å². The fraction of sp³-hybridized carbons (Fsp3) is 0.0909. The summed E-state index contributed by atoms with van der Waals surface area (Å²) in [5.74, 6) is 0.594. The maximum atomic E-state index is 11.7. The molecule has 0 saturated carbocycles. The molecule has 3 rings (SSSR count). The predicted molar refractivity (Wildman–Crippen MR) is 57.6 cm³/mol. The monoisotopic (exact) mass is 217 g/mol. The van der Waals surface area contributed by atoms with Crippen molar-refractivity contribution in [3.8, 4) is 0 Å². The molecule has 0 spiro atoms. The molecule has 5 nitrogen and oxygen atoms in total. The number of nitrogens with one attached hydrogen (secondary N) is 1. The lowest BCUT2D eigenvalue weighted by atomic mass is 10.3. The summed E-state index contributed by atoms with van der Waals surface area (Å²) < 4.78 is 10.6. The molecule has 16 heavy (non-hydrogen) atoms. The molecule has 0 fully saturated rings. The van der Waals surface area contributed by atoms with Crippen molar-refractivity contribution in [3.63, 3.8) is 0 Å². The number of H-pyrrole nitrogens is 1. The first-order chi connectivity index (χ1) is 7.66. The molecule has 80 valence electrons. The topological polar surface area (TPSA) is 76.2 Å². The minimum Gasteiger partial charge on any atom is -0.460 e. The number of rotatable bonds is 0. The van der Waals surface area contributed by atoms with Gasteiger partial charge in [-0.25, -0.2) is 0 Å². The van der Waals surface area contributed by atoms with Crippen LogP contribution in [0.5, 0.6) is 0 Å². The van der Waals surface area contributed by atoms with Crippen LogP contribution in [0.4, 0.5) is 0 Å². The number of aromatic amines is 1. The second-order valence-electron chi connectivity index (χ2n) is 3.55. The van der Waals surface area contributed by atoms with Crippen LogP contribution in [0.15, 0.2) is 36.8 Å². The highest BCUT2D eigenvalue weighted by molar-refractivity contribution is 5.98. The van der Waals surface area contributed by atoms with Gasteiger partial charge >= 0.3 is 0 Å². The maximum absolute atomic E-state index is 11.7. The van der Waals surface area contributed by atoms with Gasteiger partial charge in [-0.3, -0.25) is 14.6 Å². The van der Waals surface area contributed by atoms with E-state index in [2.05, 4.69) is 4.98 Å². The highest BCUT2D eigenvalue weighted by Crippen LogP contribution is 2.22. The summed E-state index contributed by atoms with van der Waals surface area (Å²) in [4.78, 5) is 25.5. The Balaban J connectivity index is 2.81. The van der Waals surface area contributed by atoms with E-state index >= 15 is 0 Å². The predicted octanol–water partition coefficient (Wildman–Crippen LogP) is 1.54. The molecule has 0 aromatic carbocycles. The minimum absolute atomic E-state index is 0.298. The largest absolute Gasteiger partial charge is 0.460 e. The van der Waals surface area contributed by atoms with Crippen molar-refractivity contribution >= 4 is 21.9 Å². The van der Waals surface area contributed by atoms with E-state index in [1.54, 1.807) is 13.0 Å². The molecule has 3 aromatic heterocycles. The normalized spacial score (nSPS) is 11.3. The molecule has 0 unspecified atom stereocenters. The average Bonchev–Trinajstić information content (AvgIpc) is 2.80. The zero-order valence-corrected chi connectivity index (χ0v) is 8.37. The molecule has 3 heterocycles. The zero-order valence-electron chi connectivity index (χ0n) is 8.37. The Kier molecular flexibility index (Phi) is 1.60. The molecule has 5 heteroatoms. The summed E-state index contributed by atoms with van der Waals surface area (Å²) in [7, 11) is 0. The van der Waals surface area contributed by atoms with E-state index in [4.69, 9.17) is 8.83 Å². The van der Waals surface area contributed by atoms with Crippen molar-refractivity contribution < 1.29 is 8.83 Å². The fourth-order valence-electron chi connectivity index (χ4n) is 1.75.